The molecule has 0 spiro atoms. The second-order valence-corrected chi connectivity index (χ2v) is 3.71. The number of nitrogens with one attached hydrogen (secondary N) is 1. The third kappa shape index (κ3) is 2.04. The van der Waals surface area contributed by atoms with E-state index in [0.717, 1.165) is 12.8 Å². The molecule has 74 valence electrons. The molecule has 0 amide bonds. The van der Waals surface area contributed by atoms with Crippen molar-refractivity contribution in [3.8, 4) is 12.3 Å². The molecule has 1 saturated carbocycles. The third-order valence-corrected chi connectivity index (χ3v) is 3.17. The van der Waals surface area contributed by atoms with Gasteiger partial charge in [0, 0.05) is 19.6 Å². The van der Waals surface area contributed by atoms with E-state index in [0.29, 0.717) is 6.04 Å². The molecule has 1 fully saturated rings. The molecule has 1 aliphatic carbocycles. The largest absolute Gasteiger partial charge is 0.377 e. The molecule has 1 N–H and O–H groups in total. The van der Waals surface area contributed by atoms with Crippen molar-refractivity contribution in [1.82, 2.24) is 5.32 Å². The first kappa shape index (κ1) is 10.6. The predicted octanol–water partition coefficient (Wildman–Crippen LogP) is 1.56. The fourth-order valence-electron chi connectivity index (χ4n) is 2.12. The number of terminal acetylenes is 1. The first-order valence-electron chi connectivity index (χ1n) is 4.95. The van der Waals surface area contributed by atoms with Crippen LogP contribution in [0.15, 0.2) is 0 Å². The van der Waals surface area contributed by atoms with Crippen LogP contribution in [0.2, 0.25) is 0 Å². The molecule has 0 radical (unpaired) electrons. The van der Waals surface area contributed by atoms with Crippen molar-refractivity contribution in [3.63, 3.8) is 0 Å². The van der Waals surface area contributed by atoms with Gasteiger partial charge >= 0.3 is 0 Å². The summed E-state index contributed by atoms with van der Waals surface area (Å²) in [6.07, 6.45) is 10.7. The molecule has 0 aliphatic heterocycles. The molecule has 2 heteroatoms. The van der Waals surface area contributed by atoms with Crippen molar-refractivity contribution in [1.29, 1.82) is 0 Å². The minimum absolute atomic E-state index is 0.0750. The number of rotatable bonds is 5. The van der Waals surface area contributed by atoms with Crippen LogP contribution in [0.25, 0.3) is 0 Å². The van der Waals surface area contributed by atoms with Gasteiger partial charge in [0.2, 0.25) is 0 Å². The Balaban J connectivity index is 2.48. The summed E-state index contributed by atoms with van der Waals surface area (Å²) in [6, 6.07) is 0.419. The molecule has 0 saturated heterocycles. The van der Waals surface area contributed by atoms with E-state index in [-0.39, 0.29) is 5.60 Å². The molecule has 2 nitrogen and oxygen atoms in total. The lowest BCUT2D eigenvalue weighted by molar-refractivity contribution is -0.0981. The third-order valence-electron chi connectivity index (χ3n) is 3.17. The van der Waals surface area contributed by atoms with E-state index in [9.17, 15) is 0 Å². The molecule has 0 bridgehead atoms. The fraction of sp³-hybridized carbons (Fsp3) is 0.818. The number of hydrogen-bond acceptors (Lipinski definition) is 2. The van der Waals surface area contributed by atoms with Crippen LogP contribution in [-0.4, -0.2) is 25.8 Å². The van der Waals surface area contributed by atoms with Crippen molar-refractivity contribution >= 4 is 0 Å². The Morgan fingerprint density at radius 1 is 1.62 bits per heavy atom. The maximum atomic E-state index is 5.59. The Labute approximate surface area is 81.0 Å². The van der Waals surface area contributed by atoms with Crippen LogP contribution in [-0.2, 0) is 4.74 Å². The number of methoxy groups -OCH3 is 1. The van der Waals surface area contributed by atoms with Gasteiger partial charge in [-0.2, -0.15) is 0 Å². The van der Waals surface area contributed by atoms with Crippen molar-refractivity contribution in [2.75, 3.05) is 14.2 Å². The summed E-state index contributed by atoms with van der Waals surface area (Å²) in [4.78, 5) is 0. The molecular weight excluding hydrogens is 162 g/mol. The highest BCUT2D eigenvalue weighted by Gasteiger charge is 2.43. The SMILES string of the molecule is C#CCCC(NC)C1(OC)CCC1. The summed E-state index contributed by atoms with van der Waals surface area (Å²) in [7, 11) is 3.79. The first-order valence-corrected chi connectivity index (χ1v) is 4.95. The zero-order valence-corrected chi connectivity index (χ0v) is 8.60. The van der Waals surface area contributed by atoms with E-state index < -0.39 is 0 Å². The van der Waals surface area contributed by atoms with Gasteiger partial charge in [-0.05, 0) is 32.7 Å². The predicted molar refractivity (Wildman–Crippen MR) is 54.5 cm³/mol. The number of hydrogen-bond donors (Lipinski definition) is 1. The molecule has 1 unspecified atom stereocenters. The molecule has 0 heterocycles. The van der Waals surface area contributed by atoms with Gasteiger partial charge in [0.05, 0.1) is 5.60 Å². The summed E-state index contributed by atoms with van der Waals surface area (Å²) in [5.74, 6) is 2.68. The van der Waals surface area contributed by atoms with Gasteiger partial charge in [-0.3, -0.25) is 0 Å². The highest BCUT2D eigenvalue weighted by Crippen LogP contribution is 2.39. The van der Waals surface area contributed by atoms with E-state index in [1.54, 1.807) is 7.11 Å². The topological polar surface area (TPSA) is 21.3 Å². The van der Waals surface area contributed by atoms with Crippen molar-refractivity contribution < 1.29 is 4.74 Å². The smallest absolute Gasteiger partial charge is 0.0831 e. The highest BCUT2D eigenvalue weighted by molar-refractivity contribution is 5.00. The average molecular weight is 181 g/mol. The summed E-state index contributed by atoms with van der Waals surface area (Å²) < 4.78 is 5.59. The molecule has 1 rings (SSSR count). The lowest BCUT2D eigenvalue weighted by Gasteiger charge is -2.46. The summed E-state index contributed by atoms with van der Waals surface area (Å²) in [6.45, 7) is 0. The molecule has 0 aromatic rings. The van der Waals surface area contributed by atoms with Crippen molar-refractivity contribution in [3.05, 3.63) is 0 Å². The maximum absolute atomic E-state index is 5.59. The van der Waals surface area contributed by atoms with Gasteiger partial charge in [-0.15, -0.1) is 12.3 Å². The van der Waals surface area contributed by atoms with E-state index in [4.69, 9.17) is 11.2 Å². The quantitative estimate of drug-likeness (QED) is 0.650. The maximum Gasteiger partial charge on any atom is 0.0831 e. The standard InChI is InChI=1S/C11H19NO/c1-4-5-7-10(12-2)11(13-3)8-6-9-11/h1,10,12H,5-9H2,2-3H3. The Hall–Kier alpha value is -0.520. The van der Waals surface area contributed by atoms with E-state index in [2.05, 4.69) is 11.2 Å². The van der Waals surface area contributed by atoms with Crippen LogP contribution in [0.3, 0.4) is 0 Å². The Morgan fingerprint density at radius 2 is 2.31 bits per heavy atom. The van der Waals surface area contributed by atoms with Gasteiger partial charge in [-0.1, -0.05) is 0 Å². The number of likely N-dealkylation sites (N-methyl/N-ethyl adjacent to an activating group) is 1. The van der Waals surface area contributed by atoms with Gasteiger partial charge < -0.3 is 10.1 Å². The summed E-state index contributed by atoms with van der Waals surface area (Å²) >= 11 is 0. The van der Waals surface area contributed by atoms with E-state index in [1.807, 2.05) is 7.05 Å². The zero-order chi connectivity index (χ0) is 9.73. The zero-order valence-electron chi connectivity index (χ0n) is 8.60. The monoisotopic (exact) mass is 181 g/mol. The minimum Gasteiger partial charge on any atom is -0.377 e. The lowest BCUT2D eigenvalue weighted by atomic mass is 9.73. The minimum atomic E-state index is 0.0750. The van der Waals surface area contributed by atoms with E-state index in [1.165, 1.54) is 19.3 Å². The molecule has 1 aliphatic rings. The fourth-order valence-corrected chi connectivity index (χ4v) is 2.12. The van der Waals surface area contributed by atoms with Crippen LogP contribution < -0.4 is 5.32 Å². The van der Waals surface area contributed by atoms with Gasteiger partial charge in [0.15, 0.2) is 0 Å². The van der Waals surface area contributed by atoms with Crippen molar-refractivity contribution in [2.45, 2.75) is 43.7 Å². The second-order valence-electron chi connectivity index (χ2n) is 3.71. The van der Waals surface area contributed by atoms with Crippen LogP contribution in [0, 0.1) is 12.3 Å². The van der Waals surface area contributed by atoms with Gasteiger partial charge in [-0.25, -0.2) is 0 Å². The van der Waals surface area contributed by atoms with Gasteiger partial charge in [0.1, 0.15) is 0 Å². The van der Waals surface area contributed by atoms with Crippen LogP contribution in [0.4, 0.5) is 0 Å². The van der Waals surface area contributed by atoms with Crippen molar-refractivity contribution in [2.24, 2.45) is 0 Å². The molecule has 0 aromatic carbocycles. The van der Waals surface area contributed by atoms with Crippen LogP contribution in [0.5, 0.6) is 0 Å². The average Bonchev–Trinajstić information content (AvgIpc) is 2.09. The molecule has 0 aromatic heterocycles. The normalized spacial score (nSPS) is 21.6. The Bertz CT molecular complexity index is 185. The number of ether oxygens (including phenoxy) is 1. The highest BCUT2D eigenvalue weighted by atomic mass is 16.5. The second kappa shape index (κ2) is 4.64. The summed E-state index contributed by atoms with van der Waals surface area (Å²) in [5.41, 5.74) is 0.0750. The van der Waals surface area contributed by atoms with Gasteiger partial charge in [0.25, 0.3) is 0 Å². The lowest BCUT2D eigenvalue weighted by Crippen LogP contribution is -2.55. The van der Waals surface area contributed by atoms with Crippen LogP contribution >= 0.6 is 0 Å². The molecule has 13 heavy (non-hydrogen) atoms. The van der Waals surface area contributed by atoms with Crippen LogP contribution in [0.1, 0.15) is 32.1 Å². The Kier molecular flexibility index (Phi) is 3.77. The summed E-state index contributed by atoms with van der Waals surface area (Å²) in [5, 5.41) is 3.31. The first-order chi connectivity index (χ1) is 6.29. The molecular formula is C11H19NO. The van der Waals surface area contributed by atoms with E-state index >= 15 is 0 Å². The Morgan fingerprint density at radius 3 is 2.62 bits per heavy atom. The molecule has 1 atom stereocenters.